The van der Waals surface area contributed by atoms with E-state index in [4.69, 9.17) is 14.6 Å². The summed E-state index contributed by atoms with van der Waals surface area (Å²) in [6.45, 7) is 1.76. The number of hydrogen-bond acceptors (Lipinski definition) is 4. The lowest BCUT2D eigenvalue weighted by Gasteiger charge is -2.25. The van der Waals surface area contributed by atoms with E-state index in [2.05, 4.69) is 0 Å². The van der Waals surface area contributed by atoms with Crippen LogP contribution in [0.5, 0.6) is 0 Å². The van der Waals surface area contributed by atoms with Crippen LogP contribution in [0.2, 0.25) is 0 Å². The highest BCUT2D eigenvalue weighted by Gasteiger charge is 2.17. The molecule has 0 aromatic carbocycles. The maximum Gasteiger partial charge on any atom is 0.410 e. The number of rotatable bonds is 4. The summed E-state index contributed by atoms with van der Waals surface area (Å²) in [6, 6.07) is 0. The minimum Gasteiger partial charge on any atom is -0.447 e. The average Bonchev–Trinajstić information content (AvgIpc) is 2.27. The van der Waals surface area contributed by atoms with E-state index in [0.29, 0.717) is 19.7 Å². The summed E-state index contributed by atoms with van der Waals surface area (Å²) in [4.78, 5) is 13.0. The van der Waals surface area contributed by atoms with E-state index in [0.717, 1.165) is 6.42 Å². The molecule has 0 aliphatic carbocycles. The van der Waals surface area contributed by atoms with Crippen molar-refractivity contribution in [3.63, 3.8) is 0 Å². The molecule has 0 radical (unpaired) electrons. The Bertz CT molecular complexity index is 240. The van der Waals surface area contributed by atoms with Crippen LogP contribution in [0.15, 0.2) is 11.6 Å². The Morgan fingerprint density at radius 1 is 1.67 bits per heavy atom. The zero-order chi connectivity index (χ0) is 11.1. The summed E-state index contributed by atoms with van der Waals surface area (Å²) < 4.78 is 9.81. The lowest BCUT2D eigenvalue weighted by molar-refractivity contribution is 0.0857. The molecule has 15 heavy (non-hydrogen) atoms. The van der Waals surface area contributed by atoms with Gasteiger partial charge in [-0.15, -0.1) is 0 Å². The number of ether oxygens (including phenoxy) is 2. The van der Waals surface area contributed by atoms with Crippen LogP contribution in [0.25, 0.3) is 0 Å². The van der Waals surface area contributed by atoms with Gasteiger partial charge in [-0.1, -0.05) is 6.08 Å². The van der Waals surface area contributed by atoms with Gasteiger partial charge in [-0.25, -0.2) is 4.79 Å². The fourth-order valence-corrected chi connectivity index (χ4v) is 1.42. The third-order valence-electron chi connectivity index (χ3n) is 2.21. The molecule has 5 nitrogen and oxygen atoms in total. The second-order valence-electron chi connectivity index (χ2n) is 3.33. The maximum atomic E-state index is 11.4. The monoisotopic (exact) mass is 215 g/mol. The molecule has 0 spiro atoms. The Morgan fingerprint density at radius 3 is 3.00 bits per heavy atom. The predicted molar refractivity (Wildman–Crippen MR) is 54.6 cm³/mol. The highest BCUT2D eigenvalue weighted by atomic mass is 16.6. The van der Waals surface area contributed by atoms with E-state index < -0.39 is 0 Å². The van der Waals surface area contributed by atoms with Crippen molar-refractivity contribution >= 4 is 6.09 Å². The van der Waals surface area contributed by atoms with Crippen molar-refractivity contribution in [3.05, 3.63) is 11.6 Å². The summed E-state index contributed by atoms with van der Waals surface area (Å²) in [5, 5.41) is 8.50. The minimum absolute atomic E-state index is 0.0595. The number of carbonyl (C=O) groups is 1. The van der Waals surface area contributed by atoms with E-state index in [1.54, 1.807) is 12.0 Å². The molecule has 1 heterocycles. The Kier molecular flexibility index (Phi) is 5.14. The lowest BCUT2D eigenvalue weighted by Crippen LogP contribution is -2.36. The van der Waals surface area contributed by atoms with Crippen molar-refractivity contribution in [3.8, 4) is 0 Å². The van der Waals surface area contributed by atoms with Crippen LogP contribution in [0.3, 0.4) is 0 Å². The van der Waals surface area contributed by atoms with Gasteiger partial charge in [0.15, 0.2) is 0 Å². The van der Waals surface area contributed by atoms with Crippen molar-refractivity contribution in [2.75, 3.05) is 40.0 Å². The van der Waals surface area contributed by atoms with Crippen molar-refractivity contribution in [2.45, 2.75) is 6.42 Å². The summed E-state index contributed by atoms with van der Waals surface area (Å²) in [5.41, 5.74) is 1.21. The van der Waals surface area contributed by atoms with Crippen molar-refractivity contribution in [1.82, 2.24) is 4.90 Å². The third-order valence-corrected chi connectivity index (χ3v) is 2.21. The van der Waals surface area contributed by atoms with E-state index >= 15 is 0 Å². The van der Waals surface area contributed by atoms with E-state index in [1.807, 2.05) is 6.08 Å². The van der Waals surface area contributed by atoms with Crippen LogP contribution in [-0.2, 0) is 9.47 Å². The first kappa shape index (κ1) is 12.0. The molecule has 1 rings (SSSR count). The first-order valence-corrected chi connectivity index (χ1v) is 4.97. The van der Waals surface area contributed by atoms with E-state index in [-0.39, 0.29) is 19.3 Å². The fourth-order valence-electron chi connectivity index (χ4n) is 1.42. The molecule has 1 aliphatic heterocycles. The number of carbonyl (C=O) groups excluding carboxylic acids is 1. The number of amides is 1. The molecule has 1 aliphatic rings. The van der Waals surface area contributed by atoms with Gasteiger partial charge in [-0.2, -0.15) is 0 Å². The molecule has 0 saturated heterocycles. The summed E-state index contributed by atoms with van der Waals surface area (Å²) >= 11 is 0. The fraction of sp³-hybridized carbons (Fsp3) is 0.700. The van der Waals surface area contributed by atoms with Crippen LogP contribution < -0.4 is 0 Å². The van der Waals surface area contributed by atoms with Gasteiger partial charge in [0.05, 0.1) is 13.2 Å². The van der Waals surface area contributed by atoms with E-state index in [9.17, 15) is 4.79 Å². The van der Waals surface area contributed by atoms with Crippen molar-refractivity contribution < 1.29 is 19.4 Å². The van der Waals surface area contributed by atoms with Gasteiger partial charge in [-0.05, 0) is 12.0 Å². The zero-order valence-corrected chi connectivity index (χ0v) is 8.94. The van der Waals surface area contributed by atoms with Gasteiger partial charge in [0.1, 0.15) is 6.61 Å². The third kappa shape index (κ3) is 3.89. The molecule has 0 aromatic heterocycles. The molecule has 0 bridgehead atoms. The van der Waals surface area contributed by atoms with Gasteiger partial charge in [0.2, 0.25) is 0 Å². The van der Waals surface area contributed by atoms with Gasteiger partial charge in [-0.3, -0.25) is 0 Å². The summed E-state index contributed by atoms with van der Waals surface area (Å²) in [5.74, 6) is 0. The van der Waals surface area contributed by atoms with Crippen molar-refractivity contribution in [2.24, 2.45) is 0 Å². The molecule has 0 saturated carbocycles. The predicted octanol–water partition coefficient (Wildman–Crippen LogP) is 0.394. The van der Waals surface area contributed by atoms with E-state index in [1.165, 1.54) is 5.57 Å². The Morgan fingerprint density at radius 2 is 2.47 bits per heavy atom. The smallest absolute Gasteiger partial charge is 0.410 e. The summed E-state index contributed by atoms with van der Waals surface area (Å²) in [7, 11) is 1.66. The molecule has 86 valence electrons. The number of hydrogen-bond donors (Lipinski definition) is 1. The minimum atomic E-state index is -0.364. The van der Waals surface area contributed by atoms with Gasteiger partial charge < -0.3 is 19.5 Å². The largest absolute Gasteiger partial charge is 0.447 e. The first-order chi connectivity index (χ1) is 7.27. The molecule has 1 amide bonds. The molecular formula is C10H17NO4. The second-order valence-corrected chi connectivity index (χ2v) is 3.33. The average molecular weight is 215 g/mol. The molecular weight excluding hydrogens is 198 g/mol. The van der Waals surface area contributed by atoms with Gasteiger partial charge >= 0.3 is 6.09 Å². The normalized spacial score (nSPS) is 16.1. The molecule has 1 N–H and O–H groups in total. The highest BCUT2D eigenvalue weighted by molar-refractivity contribution is 5.68. The molecule has 0 atom stereocenters. The maximum absolute atomic E-state index is 11.4. The molecule has 0 fully saturated rings. The number of aliphatic hydroxyl groups is 1. The number of aliphatic hydroxyl groups excluding tert-OH is 1. The van der Waals surface area contributed by atoms with Crippen LogP contribution in [0, 0.1) is 0 Å². The standard InChI is InChI=1S/C10H17NO4/c1-14-8-9-2-4-11(5-3-9)10(13)15-7-6-12/h2,12H,3-8H2,1H3. The van der Waals surface area contributed by atoms with Crippen LogP contribution in [0.1, 0.15) is 6.42 Å². The molecule has 5 heteroatoms. The number of nitrogens with zero attached hydrogens (tertiary/aromatic N) is 1. The number of methoxy groups -OCH3 is 1. The highest BCUT2D eigenvalue weighted by Crippen LogP contribution is 2.11. The van der Waals surface area contributed by atoms with Gasteiger partial charge in [0.25, 0.3) is 0 Å². The Hall–Kier alpha value is -1.07. The van der Waals surface area contributed by atoms with Crippen LogP contribution in [0.4, 0.5) is 4.79 Å². The summed E-state index contributed by atoms with van der Waals surface area (Å²) in [6.07, 6.45) is 2.44. The topological polar surface area (TPSA) is 59.0 Å². The lowest BCUT2D eigenvalue weighted by atomic mass is 10.1. The van der Waals surface area contributed by atoms with Gasteiger partial charge in [0, 0.05) is 20.2 Å². The Labute approximate surface area is 89.3 Å². The molecule has 0 aromatic rings. The van der Waals surface area contributed by atoms with Crippen LogP contribution in [-0.4, -0.2) is 56.1 Å². The zero-order valence-electron chi connectivity index (χ0n) is 8.94. The molecule has 0 unspecified atom stereocenters. The Balaban J connectivity index is 2.32. The first-order valence-electron chi connectivity index (χ1n) is 4.97. The second kappa shape index (κ2) is 6.42. The quantitative estimate of drug-likeness (QED) is 0.689. The van der Waals surface area contributed by atoms with Crippen molar-refractivity contribution in [1.29, 1.82) is 0 Å². The SMILES string of the molecule is COCC1=CCN(C(=O)OCCO)CC1. The van der Waals surface area contributed by atoms with Crippen LogP contribution >= 0.6 is 0 Å².